The number of aliphatic hydroxyl groups excluding tert-OH is 1. The summed E-state index contributed by atoms with van der Waals surface area (Å²) in [6.45, 7) is 6.02. The molecule has 1 aliphatic carbocycles. The van der Waals surface area contributed by atoms with E-state index in [2.05, 4.69) is 25.9 Å². The quantitative estimate of drug-likeness (QED) is 0.305. The molecule has 3 amide bonds. The minimum Gasteiger partial charge on any atom is -0.475 e. The number of aliphatic hydroxyl groups is 1. The van der Waals surface area contributed by atoms with Crippen molar-refractivity contribution < 1.29 is 23.8 Å². The number of ether oxygens (including phenoxy) is 1. The van der Waals surface area contributed by atoms with Crippen LogP contribution in [0.5, 0.6) is 5.88 Å². The fraction of sp³-hybridized carbons (Fsp3) is 0.357. The van der Waals surface area contributed by atoms with E-state index in [0.29, 0.717) is 40.3 Å². The lowest BCUT2D eigenvalue weighted by molar-refractivity contribution is -0.117. The number of pyridine rings is 2. The SMILES string of the molecule is Cc1cc(F)c(NC(=O)NCC(C)C)cc1-c1cc(OCCO)nc(-c2ccnc(NC(=O)C3CC3)c2)c1. The minimum absolute atomic E-state index is 0.0389. The highest BCUT2D eigenvalue weighted by Gasteiger charge is 2.29. The average molecular weight is 522 g/mol. The van der Waals surface area contributed by atoms with Gasteiger partial charge in [-0.05, 0) is 72.7 Å². The lowest BCUT2D eigenvalue weighted by Crippen LogP contribution is -2.32. The lowest BCUT2D eigenvalue weighted by Gasteiger charge is -2.15. The molecule has 10 heteroatoms. The Morgan fingerprint density at radius 2 is 1.92 bits per heavy atom. The number of aromatic nitrogens is 2. The summed E-state index contributed by atoms with van der Waals surface area (Å²) in [7, 11) is 0. The Bertz CT molecular complexity index is 1330. The highest BCUT2D eigenvalue weighted by molar-refractivity contribution is 5.94. The molecule has 9 nitrogen and oxygen atoms in total. The number of carbonyl (C=O) groups is 2. The van der Waals surface area contributed by atoms with Crippen LogP contribution in [0, 0.1) is 24.6 Å². The van der Waals surface area contributed by atoms with Crippen LogP contribution >= 0.6 is 0 Å². The van der Waals surface area contributed by atoms with E-state index in [4.69, 9.17) is 4.74 Å². The normalized spacial score (nSPS) is 12.8. The van der Waals surface area contributed by atoms with Gasteiger partial charge < -0.3 is 25.8 Å². The number of nitrogens with zero attached hydrogens (tertiary/aromatic N) is 2. The van der Waals surface area contributed by atoms with Crippen molar-refractivity contribution in [1.82, 2.24) is 15.3 Å². The molecule has 0 spiro atoms. The first kappa shape index (κ1) is 27.0. The smallest absolute Gasteiger partial charge is 0.319 e. The van der Waals surface area contributed by atoms with Gasteiger partial charge in [0.25, 0.3) is 0 Å². The maximum absolute atomic E-state index is 14.8. The predicted molar refractivity (Wildman–Crippen MR) is 143 cm³/mol. The fourth-order valence-electron chi connectivity index (χ4n) is 3.81. The van der Waals surface area contributed by atoms with Crippen LogP contribution in [-0.4, -0.2) is 46.8 Å². The minimum atomic E-state index is -0.554. The average Bonchev–Trinajstić information content (AvgIpc) is 3.74. The van der Waals surface area contributed by atoms with Crippen molar-refractivity contribution in [3.63, 3.8) is 0 Å². The summed E-state index contributed by atoms with van der Waals surface area (Å²) in [4.78, 5) is 33.3. The van der Waals surface area contributed by atoms with Gasteiger partial charge >= 0.3 is 6.03 Å². The Morgan fingerprint density at radius 1 is 1.13 bits per heavy atom. The van der Waals surface area contributed by atoms with E-state index in [1.165, 1.54) is 6.07 Å². The molecule has 3 aromatic rings. The molecule has 38 heavy (non-hydrogen) atoms. The molecule has 4 rings (SSSR count). The van der Waals surface area contributed by atoms with Gasteiger partial charge in [0.1, 0.15) is 18.2 Å². The molecule has 0 atom stereocenters. The third-order valence-electron chi connectivity index (χ3n) is 5.94. The number of urea groups is 1. The van der Waals surface area contributed by atoms with Crippen LogP contribution in [0.25, 0.3) is 22.4 Å². The zero-order chi connectivity index (χ0) is 27.2. The van der Waals surface area contributed by atoms with Crippen molar-refractivity contribution in [2.75, 3.05) is 30.4 Å². The predicted octanol–water partition coefficient (Wildman–Crippen LogP) is 4.76. The van der Waals surface area contributed by atoms with Crippen LogP contribution in [0.4, 0.5) is 20.7 Å². The summed E-state index contributed by atoms with van der Waals surface area (Å²) < 4.78 is 20.4. The van der Waals surface area contributed by atoms with E-state index >= 15 is 0 Å². The lowest BCUT2D eigenvalue weighted by atomic mass is 9.98. The van der Waals surface area contributed by atoms with E-state index in [0.717, 1.165) is 12.8 Å². The molecule has 200 valence electrons. The second kappa shape index (κ2) is 12.0. The summed E-state index contributed by atoms with van der Waals surface area (Å²) in [6.07, 6.45) is 3.35. The van der Waals surface area contributed by atoms with Crippen LogP contribution in [-0.2, 0) is 4.79 Å². The zero-order valence-electron chi connectivity index (χ0n) is 21.7. The number of carbonyl (C=O) groups excluding carboxylic acids is 2. The molecule has 1 aliphatic rings. The number of hydrogen-bond donors (Lipinski definition) is 4. The van der Waals surface area contributed by atoms with Gasteiger partial charge in [0.15, 0.2) is 0 Å². The molecule has 0 bridgehead atoms. The fourth-order valence-corrected chi connectivity index (χ4v) is 3.81. The monoisotopic (exact) mass is 521 g/mol. The number of halogens is 1. The first-order chi connectivity index (χ1) is 18.2. The van der Waals surface area contributed by atoms with Crippen molar-refractivity contribution in [2.45, 2.75) is 33.6 Å². The number of amides is 3. The van der Waals surface area contributed by atoms with Crippen LogP contribution < -0.4 is 20.7 Å². The molecular weight excluding hydrogens is 489 g/mol. The van der Waals surface area contributed by atoms with Crippen LogP contribution in [0.3, 0.4) is 0 Å². The van der Waals surface area contributed by atoms with Gasteiger partial charge in [-0.3, -0.25) is 4.79 Å². The van der Waals surface area contributed by atoms with Crippen molar-refractivity contribution in [2.24, 2.45) is 11.8 Å². The van der Waals surface area contributed by atoms with Gasteiger partial charge in [0, 0.05) is 30.3 Å². The van der Waals surface area contributed by atoms with Gasteiger partial charge in [-0.15, -0.1) is 0 Å². The molecular formula is C28H32FN5O4. The van der Waals surface area contributed by atoms with E-state index in [1.54, 1.807) is 37.4 Å². The topological polar surface area (TPSA) is 125 Å². The van der Waals surface area contributed by atoms with E-state index in [-0.39, 0.29) is 42.5 Å². The van der Waals surface area contributed by atoms with E-state index in [1.807, 2.05) is 19.9 Å². The standard InChI is InChI=1S/C28H32FN5O4/c1-16(2)15-31-28(37)33-24-14-21(17(3)10-22(24)29)20-11-23(32-26(13-20)38-9-8-35)19-6-7-30-25(12-19)34-27(36)18-4-5-18/h6-7,10-14,16,18,35H,4-5,8-9,15H2,1-3H3,(H,30,34,36)(H2,31,33,37). The first-order valence-corrected chi connectivity index (χ1v) is 12.6. The summed E-state index contributed by atoms with van der Waals surface area (Å²) in [5.74, 6) is 0.366. The van der Waals surface area contributed by atoms with Gasteiger partial charge in [-0.2, -0.15) is 0 Å². The molecule has 1 saturated carbocycles. The number of benzene rings is 1. The maximum atomic E-state index is 14.8. The Balaban J connectivity index is 1.69. The molecule has 2 heterocycles. The van der Waals surface area contributed by atoms with Gasteiger partial charge in [0.2, 0.25) is 11.8 Å². The number of hydrogen-bond acceptors (Lipinski definition) is 6. The van der Waals surface area contributed by atoms with Crippen molar-refractivity contribution >= 4 is 23.4 Å². The number of anilines is 2. The summed E-state index contributed by atoms with van der Waals surface area (Å²) in [5, 5.41) is 17.4. The van der Waals surface area contributed by atoms with Crippen LogP contribution in [0.1, 0.15) is 32.3 Å². The maximum Gasteiger partial charge on any atom is 0.319 e. The van der Waals surface area contributed by atoms with Gasteiger partial charge in [-0.25, -0.2) is 19.2 Å². The Labute approximate surface area is 220 Å². The third-order valence-corrected chi connectivity index (χ3v) is 5.94. The highest BCUT2D eigenvalue weighted by atomic mass is 19.1. The largest absolute Gasteiger partial charge is 0.475 e. The summed E-state index contributed by atoms with van der Waals surface area (Å²) in [5.41, 5.74) is 3.25. The number of aryl methyl sites for hydroxylation is 1. The second-order valence-corrected chi connectivity index (χ2v) is 9.72. The number of rotatable bonds is 10. The Morgan fingerprint density at radius 3 is 2.63 bits per heavy atom. The van der Waals surface area contributed by atoms with Gasteiger partial charge in [-0.1, -0.05) is 13.8 Å². The van der Waals surface area contributed by atoms with Gasteiger partial charge in [0.05, 0.1) is 18.0 Å². The van der Waals surface area contributed by atoms with Crippen molar-refractivity contribution in [3.8, 4) is 28.3 Å². The molecule has 1 aromatic carbocycles. The Kier molecular flexibility index (Phi) is 8.52. The second-order valence-electron chi connectivity index (χ2n) is 9.72. The van der Waals surface area contributed by atoms with Crippen molar-refractivity contribution in [3.05, 3.63) is 54.0 Å². The molecule has 2 aromatic heterocycles. The molecule has 0 unspecified atom stereocenters. The number of nitrogens with one attached hydrogen (secondary N) is 3. The zero-order valence-corrected chi connectivity index (χ0v) is 21.7. The molecule has 0 aliphatic heterocycles. The highest BCUT2D eigenvalue weighted by Crippen LogP contribution is 2.34. The van der Waals surface area contributed by atoms with Crippen LogP contribution in [0.15, 0.2) is 42.6 Å². The molecule has 0 radical (unpaired) electrons. The summed E-state index contributed by atoms with van der Waals surface area (Å²) >= 11 is 0. The Hall–Kier alpha value is -4.05. The molecule has 1 fully saturated rings. The van der Waals surface area contributed by atoms with Crippen LogP contribution in [0.2, 0.25) is 0 Å². The van der Waals surface area contributed by atoms with E-state index in [9.17, 15) is 19.1 Å². The molecule has 0 saturated heterocycles. The summed E-state index contributed by atoms with van der Waals surface area (Å²) in [6, 6.07) is 9.44. The van der Waals surface area contributed by atoms with Crippen molar-refractivity contribution in [1.29, 1.82) is 0 Å². The van der Waals surface area contributed by atoms with E-state index < -0.39 is 11.8 Å². The molecule has 4 N–H and O–H groups in total. The third kappa shape index (κ3) is 7.04. The first-order valence-electron chi connectivity index (χ1n) is 12.6.